The summed E-state index contributed by atoms with van der Waals surface area (Å²) in [5.74, 6) is 1.75. The molecule has 0 bridgehead atoms. The van der Waals surface area contributed by atoms with E-state index in [2.05, 4.69) is 45.0 Å². The average Bonchev–Trinajstić information content (AvgIpc) is 2.91. The second-order valence-electron chi connectivity index (χ2n) is 4.37. The molecule has 118 valence electrons. The Bertz CT molecular complexity index is 620. The first-order valence-corrected chi connectivity index (χ1v) is 8.74. The molecule has 22 heavy (non-hydrogen) atoms. The number of amidine groups is 1. The van der Waals surface area contributed by atoms with Crippen LogP contribution in [0.1, 0.15) is 18.9 Å². The van der Waals surface area contributed by atoms with Gasteiger partial charge in [0.25, 0.3) is 0 Å². The molecule has 1 heterocycles. The molecule has 0 saturated carbocycles. The Morgan fingerprint density at radius 2 is 2.32 bits per heavy atom. The smallest absolute Gasteiger partial charge is 0.236 e. The van der Waals surface area contributed by atoms with Gasteiger partial charge in [-0.05, 0) is 46.7 Å². The van der Waals surface area contributed by atoms with Crippen LogP contribution in [0.2, 0.25) is 0 Å². The van der Waals surface area contributed by atoms with Gasteiger partial charge in [-0.25, -0.2) is 0 Å². The number of hydrogen-bond acceptors (Lipinski definition) is 6. The van der Waals surface area contributed by atoms with Gasteiger partial charge in [-0.15, -0.1) is 5.10 Å². The summed E-state index contributed by atoms with van der Waals surface area (Å²) in [6.45, 7) is 2.70. The van der Waals surface area contributed by atoms with Crippen LogP contribution in [-0.2, 0) is 4.79 Å². The molecule has 0 spiro atoms. The number of ether oxygens (including phenoxy) is 2. The zero-order chi connectivity index (χ0) is 15.9. The molecular formula is C14H16IN3O3S. The first-order chi connectivity index (χ1) is 10.6. The van der Waals surface area contributed by atoms with Gasteiger partial charge in [0.05, 0.1) is 29.3 Å². The van der Waals surface area contributed by atoms with Crippen molar-refractivity contribution < 1.29 is 14.3 Å². The van der Waals surface area contributed by atoms with E-state index in [0.29, 0.717) is 23.3 Å². The highest BCUT2D eigenvalue weighted by molar-refractivity contribution is 14.1. The third kappa shape index (κ3) is 4.60. The van der Waals surface area contributed by atoms with E-state index in [1.807, 2.05) is 12.1 Å². The lowest BCUT2D eigenvalue weighted by Gasteiger charge is -2.12. The highest BCUT2D eigenvalue weighted by atomic mass is 127. The largest absolute Gasteiger partial charge is 0.493 e. The summed E-state index contributed by atoms with van der Waals surface area (Å²) in [5.41, 5.74) is 0.851. The Hall–Kier alpha value is -1.29. The van der Waals surface area contributed by atoms with Gasteiger partial charge in [0, 0.05) is 0 Å². The minimum absolute atomic E-state index is 0.0485. The van der Waals surface area contributed by atoms with Crippen LogP contribution in [0.5, 0.6) is 11.5 Å². The number of hydrogen-bond donors (Lipinski definition) is 1. The van der Waals surface area contributed by atoms with Gasteiger partial charge in [-0.3, -0.25) is 4.79 Å². The Labute approximate surface area is 146 Å². The number of rotatable bonds is 6. The SMILES string of the molecule is CCCOc1c(I)cc(C=NN=C2NC(=O)CS2)cc1OC. The van der Waals surface area contributed by atoms with E-state index >= 15 is 0 Å². The van der Waals surface area contributed by atoms with E-state index in [9.17, 15) is 4.79 Å². The minimum Gasteiger partial charge on any atom is -0.493 e. The van der Waals surface area contributed by atoms with Crippen LogP contribution in [-0.4, -0.2) is 36.8 Å². The Kier molecular flexibility index (Phi) is 6.49. The molecule has 1 N–H and O–H groups in total. The monoisotopic (exact) mass is 433 g/mol. The predicted molar refractivity (Wildman–Crippen MR) is 97.1 cm³/mol. The normalized spacial score (nSPS) is 16.3. The number of amides is 1. The molecule has 0 radical (unpaired) electrons. The molecule has 1 aromatic carbocycles. The van der Waals surface area contributed by atoms with Gasteiger partial charge in [0.2, 0.25) is 5.91 Å². The summed E-state index contributed by atoms with van der Waals surface area (Å²) in [6.07, 6.45) is 2.55. The van der Waals surface area contributed by atoms with Crippen LogP contribution in [0.15, 0.2) is 22.3 Å². The maximum atomic E-state index is 11.0. The number of benzene rings is 1. The average molecular weight is 433 g/mol. The van der Waals surface area contributed by atoms with Crippen molar-refractivity contribution in [2.75, 3.05) is 19.5 Å². The summed E-state index contributed by atoms with van der Waals surface area (Å²) in [5, 5.41) is 11.1. The van der Waals surface area contributed by atoms with Crippen molar-refractivity contribution in [3.8, 4) is 11.5 Å². The molecule has 8 heteroatoms. The number of nitrogens with one attached hydrogen (secondary N) is 1. The molecule has 6 nitrogen and oxygen atoms in total. The van der Waals surface area contributed by atoms with E-state index in [1.165, 1.54) is 11.8 Å². The fraction of sp³-hybridized carbons (Fsp3) is 0.357. The van der Waals surface area contributed by atoms with Gasteiger partial charge < -0.3 is 14.8 Å². The van der Waals surface area contributed by atoms with Gasteiger partial charge in [-0.1, -0.05) is 18.7 Å². The van der Waals surface area contributed by atoms with Gasteiger partial charge in [0.15, 0.2) is 16.7 Å². The van der Waals surface area contributed by atoms with Crippen LogP contribution in [0.4, 0.5) is 0 Å². The quantitative estimate of drug-likeness (QED) is 0.426. The predicted octanol–water partition coefficient (Wildman–Crippen LogP) is 2.64. The Morgan fingerprint density at radius 1 is 1.50 bits per heavy atom. The number of nitrogens with zero attached hydrogens (tertiary/aromatic N) is 2. The number of thioether (sulfide) groups is 1. The van der Waals surface area contributed by atoms with E-state index < -0.39 is 0 Å². The molecule has 2 rings (SSSR count). The van der Waals surface area contributed by atoms with Crippen molar-refractivity contribution >= 4 is 51.6 Å². The highest BCUT2D eigenvalue weighted by Gasteiger charge is 2.16. The lowest BCUT2D eigenvalue weighted by molar-refractivity contribution is -0.116. The van der Waals surface area contributed by atoms with Crippen LogP contribution < -0.4 is 14.8 Å². The van der Waals surface area contributed by atoms with Crippen LogP contribution in [0.25, 0.3) is 0 Å². The topological polar surface area (TPSA) is 72.3 Å². The first-order valence-electron chi connectivity index (χ1n) is 6.68. The van der Waals surface area contributed by atoms with Crippen molar-refractivity contribution in [2.45, 2.75) is 13.3 Å². The molecule has 1 amide bonds. The number of carbonyl (C=O) groups excluding carboxylic acids is 1. The fourth-order valence-electron chi connectivity index (χ4n) is 1.69. The van der Waals surface area contributed by atoms with Crippen molar-refractivity contribution in [3.05, 3.63) is 21.3 Å². The Morgan fingerprint density at radius 3 is 2.95 bits per heavy atom. The summed E-state index contributed by atoms with van der Waals surface area (Å²) in [7, 11) is 1.61. The molecule has 0 atom stereocenters. The molecule has 0 unspecified atom stereocenters. The van der Waals surface area contributed by atoms with Gasteiger partial charge in [-0.2, -0.15) is 5.10 Å². The molecule has 1 aliphatic heterocycles. The summed E-state index contributed by atoms with van der Waals surface area (Å²) in [6, 6.07) is 3.79. The van der Waals surface area contributed by atoms with Crippen molar-refractivity contribution in [1.82, 2.24) is 5.32 Å². The second-order valence-corrected chi connectivity index (χ2v) is 6.50. The van der Waals surface area contributed by atoms with Crippen molar-refractivity contribution in [1.29, 1.82) is 0 Å². The molecule has 0 aliphatic carbocycles. The summed E-state index contributed by atoms with van der Waals surface area (Å²) >= 11 is 3.54. The zero-order valence-corrected chi connectivity index (χ0v) is 15.2. The molecule has 1 aromatic rings. The van der Waals surface area contributed by atoms with Gasteiger partial charge in [0.1, 0.15) is 0 Å². The third-order valence-corrected chi connectivity index (χ3v) is 4.31. The second kappa shape index (κ2) is 8.37. The standard InChI is InChI=1S/C14H16IN3O3S/c1-3-4-21-13-10(15)5-9(6-11(13)20-2)7-16-18-14-17-12(19)8-22-14/h5-7H,3-4,8H2,1-2H3,(H,17,18,19). The lowest BCUT2D eigenvalue weighted by Crippen LogP contribution is -2.19. The van der Waals surface area contributed by atoms with E-state index in [0.717, 1.165) is 21.3 Å². The van der Waals surface area contributed by atoms with E-state index in [1.54, 1.807) is 13.3 Å². The van der Waals surface area contributed by atoms with Crippen molar-refractivity contribution in [3.63, 3.8) is 0 Å². The number of carbonyl (C=O) groups is 1. The third-order valence-electron chi connectivity index (χ3n) is 2.64. The lowest BCUT2D eigenvalue weighted by atomic mass is 10.2. The van der Waals surface area contributed by atoms with Gasteiger partial charge >= 0.3 is 0 Å². The maximum absolute atomic E-state index is 11.0. The molecular weight excluding hydrogens is 417 g/mol. The van der Waals surface area contributed by atoms with Crippen molar-refractivity contribution in [2.24, 2.45) is 10.2 Å². The van der Waals surface area contributed by atoms with Crippen LogP contribution in [0.3, 0.4) is 0 Å². The first kappa shape index (κ1) is 17.1. The summed E-state index contributed by atoms with van der Waals surface area (Å²) < 4.78 is 12.0. The molecule has 1 fully saturated rings. The molecule has 0 aromatic heterocycles. The van der Waals surface area contributed by atoms with E-state index in [4.69, 9.17) is 9.47 Å². The maximum Gasteiger partial charge on any atom is 0.236 e. The number of methoxy groups -OCH3 is 1. The molecule has 1 saturated heterocycles. The van der Waals surface area contributed by atoms with Crippen LogP contribution >= 0.6 is 34.4 Å². The number of halogens is 1. The zero-order valence-electron chi connectivity index (χ0n) is 12.3. The highest BCUT2D eigenvalue weighted by Crippen LogP contribution is 2.33. The molecule has 1 aliphatic rings. The summed E-state index contributed by atoms with van der Waals surface area (Å²) in [4.78, 5) is 11.0. The minimum atomic E-state index is -0.0485. The van der Waals surface area contributed by atoms with E-state index in [-0.39, 0.29) is 5.91 Å². The van der Waals surface area contributed by atoms with Crippen LogP contribution in [0, 0.1) is 3.57 Å². The Balaban J connectivity index is 2.14. The fourth-order valence-corrected chi connectivity index (χ4v) is 3.10.